The lowest BCUT2D eigenvalue weighted by atomic mass is 10.1. The van der Waals surface area contributed by atoms with Crippen molar-refractivity contribution in [3.05, 3.63) is 18.2 Å². The number of imidazole rings is 1. The minimum Gasteiger partial charge on any atom is -0.497 e. The number of nitrogen functional groups attached to an aromatic ring is 1. The van der Waals surface area contributed by atoms with Crippen molar-refractivity contribution in [2.45, 2.75) is 26.3 Å². The first-order chi connectivity index (χ1) is 10.2. The van der Waals surface area contributed by atoms with Gasteiger partial charge in [-0.15, -0.1) is 0 Å². The third kappa shape index (κ3) is 2.97. The summed E-state index contributed by atoms with van der Waals surface area (Å²) in [5.41, 5.74) is 8.09. The molecular formula is C16H24N4O. The van der Waals surface area contributed by atoms with E-state index in [1.165, 1.54) is 25.9 Å². The SMILES string of the molecule is COc1ccc2c(c1)nc(N)n2CC(C)CN1CCCC1. The molecule has 1 aromatic heterocycles. The normalized spacial score (nSPS) is 17.4. The van der Waals surface area contributed by atoms with Crippen LogP contribution in [0.1, 0.15) is 19.8 Å². The van der Waals surface area contributed by atoms with Crippen molar-refractivity contribution in [3.8, 4) is 5.75 Å². The summed E-state index contributed by atoms with van der Waals surface area (Å²) in [6.07, 6.45) is 2.67. The minimum absolute atomic E-state index is 0.560. The fourth-order valence-electron chi connectivity index (χ4n) is 3.22. The Kier molecular flexibility index (Phi) is 4.01. The predicted molar refractivity (Wildman–Crippen MR) is 85.5 cm³/mol. The van der Waals surface area contributed by atoms with E-state index in [1.807, 2.05) is 18.2 Å². The number of hydrogen-bond acceptors (Lipinski definition) is 4. The molecular weight excluding hydrogens is 264 g/mol. The molecule has 2 heterocycles. The highest BCUT2D eigenvalue weighted by Crippen LogP contribution is 2.24. The zero-order valence-electron chi connectivity index (χ0n) is 12.9. The van der Waals surface area contributed by atoms with Gasteiger partial charge in [-0.25, -0.2) is 4.98 Å². The molecule has 2 aromatic rings. The molecule has 0 spiro atoms. The van der Waals surface area contributed by atoms with Gasteiger partial charge in [0.2, 0.25) is 5.95 Å². The second-order valence-corrected chi connectivity index (χ2v) is 6.05. The maximum absolute atomic E-state index is 6.10. The number of hydrogen-bond donors (Lipinski definition) is 1. The number of nitrogens with zero attached hydrogens (tertiary/aromatic N) is 3. The maximum atomic E-state index is 6.10. The minimum atomic E-state index is 0.560. The van der Waals surface area contributed by atoms with Gasteiger partial charge in [-0.1, -0.05) is 6.92 Å². The number of ether oxygens (including phenoxy) is 1. The van der Waals surface area contributed by atoms with E-state index in [0.29, 0.717) is 11.9 Å². The van der Waals surface area contributed by atoms with Crippen molar-refractivity contribution in [1.82, 2.24) is 14.5 Å². The van der Waals surface area contributed by atoms with E-state index in [9.17, 15) is 0 Å². The van der Waals surface area contributed by atoms with Gasteiger partial charge in [0.25, 0.3) is 0 Å². The highest BCUT2D eigenvalue weighted by atomic mass is 16.5. The second-order valence-electron chi connectivity index (χ2n) is 6.05. The molecule has 21 heavy (non-hydrogen) atoms. The lowest BCUT2D eigenvalue weighted by Crippen LogP contribution is -2.27. The fourth-order valence-corrected chi connectivity index (χ4v) is 3.22. The lowest BCUT2D eigenvalue weighted by Gasteiger charge is -2.21. The summed E-state index contributed by atoms with van der Waals surface area (Å²) < 4.78 is 7.36. The van der Waals surface area contributed by atoms with Crippen LogP contribution in [-0.2, 0) is 6.54 Å². The predicted octanol–water partition coefficient (Wildman–Crippen LogP) is 2.36. The topological polar surface area (TPSA) is 56.3 Å². The van der Waals surface area contributed by atoms with Gasteiger partial charge in [0, 0.05) is 19.2 Å². The Labute approximate surface area is 125 Å². The standard InChI is InChI=1S/C16H24N4O/c1-12(10-19-7-3-4-8-19)11-20-15-6-5-13(21-2)9-14(15)18-16(20)17/h5-6,9,12H,3-4,7-8,10-11H2,1-2H3,(H2,17,18). The molecule has 1 aliphatic heterocycles. The third-order valence-electron chi connectivity index (χ3n) is 4.25. The first kappa shape index (κ1) is 14.2. The summed E-state index contributed by atoms with van der Waals surface area (Å²) in [6, 6.07) is 5.94. The Bertz CT molecular complexity index is 616. The summed E-state index contributed by atoms with van der Waals surface area (Å²) in [4.78, 5) is 7.00. The van der Waals surface area contributed by atoms with Gasteiger partial charge in [0.1, 0.15) is 5.75 Å². The molecule has 0 bridgehead atoms. The van der Waals surface area contributed by atoms with Crippen LogP contribution in [0.3, 0.4) is 0 Å². The first-order valence-corrected chi connectivity index (χ1v) is 7.69. The number of benzene rings is 1. The summed E-state index contributed by atoms with van der Waals surface area (Å²) >= 11 is 0. The summed E-state index contributed by atoms with van der Waals surface area (Å²) in [5.74, 6) is 1.97. The second kappa shape index (κ2) is 5.93. The van der Waals surface area contributed by atoms with E-state index in [1.54, 1.807) is 7.11 Å². The van der Waals surface area contributed by atoms with Crippen LogP contribution in [0.4, 0.5) is 5.95 Å². The van der Waals surface area contributed by atoms with E-state index >= 15 is 0 Å². The third-order valence-corrected chi connectivity index (χ3v) is 4.25. The maximum Gasteiger partial charge on any atom is 0.201 e. The Morgan fingerprint density at radius 2 is 2.05 bits per heavy atom. The molecule has 1 aliphatic rings. The Balaban J connectivity index is 1.77. The molecule has 114 valence electrons. The Morgan fingerprint density at radius 3 is 2.76 bits per heavy atom. The molecule has 0 radical (unpaired) electrons. The molecule has 1 saturated heterocycles. The van der Waals surface area contributed by atoms with Gasteiger partial charge in [0.05, 0.1) is 18.1 Å². The molecule has 1 fully saturated rings. The van der Waals surface area contributed by atoms with Gasteiger partial charge < -0.3 is 19.9 Å². The number of nitrogens with two attached hydrogens (primary N) is 1. The first-order valence-electron chi connectivity index (χ1n) is 7.69. The van der Waals surface area contributed by atoms with Gasteiger partial charge in [-0.2, -0.15) is 0 Å². The number of methoxy groups -OCH3 is 1. The Morgan fingerprint density at radius 1 is 1.29 bits per heavy atom. The zero-order valence-corrected chi connectivity index (χ0v) is 12.9. The molecule has 1 unspecified atom stereocenters. The van der Waals surface area contributed by atoms with Gasteiger partial charge >= 0.3 is 0 Å². The highest BCUT2D eigenvalue weighted by molar-refractivity contribution is 5.79. The highest BCUT2D eigenvalue weighted by Gasteiger charge is 2.17. The smallest absolute Gasteiger partial charge is 0.201 e. The van der Waals surface area contributed by atoms with Crippen molar-refractivity contribution < 1.29 is 4.74 Å². The van der Waals surface area contributed by atoms with Crippen LogP contribution in [0.2, 0.25) is 0 Å². The average Bonchev–Trinajstić information content (AvgIpc) is 3.07. The van der Waals surface area contributed by atoms with Crippen LogP contribution in [0.15, 0.2) is 18.2 Å². The largest absolute Gasteiger partial charge is 0.497 e. The fraction of sp³-hybridized carbons (Fsp3) is 0.562. The van der Waals surface area contributed by atoms with Crippen LogP contribution in [0, 0.1) is 5.92 Å². The van der Waals surface area contributed by atoms with E-state index in [0.717, 1.165) is 29.9 Å². The number of aromatic nitrogens is 2. The molecule has 0 amide bonds. The van der Waals surface area contributed by atoms with E-state index < -0.39 is 0 Å². The average molecular weight is 288 g/mol. The molecule has 5 nitrogen and oxygen atoms in total. The van der Waals surface area contributed by atoms with Crippen molar-refractivity contribution in [3.63, 3.8) is 0 Å². The molecule has 5 heteroatoms. The van der Waals surface area contributed by atoms with Crippen LogP contribution in [-0.4, -0.2) is 41.2 Å². The van der Waals surface area contributed by atoms with Crippen LogP contribution < -0.4 is 10.5 Å². The van der Waals surface area contributed by atoms with Gasteiger partial charge in [0.15, 0.2) is 0 Å². The van der Waals surface area contributed by atoms with E-state index in [2.05, 4.69) is 21.4 Å². The number of likely N-dealkylation sites (tertiary alicyclic amines) is 1. The summed E-state index contributed by atoms with van der Waals surface area (Å²) in [6.45, 7) is 6.80. The molecule has 1 atom stereocenters. The van der Waals surface area contributed by atoms with Crippen LogP contribution in [0.25, 0.3) is 11.0 Å². The lowest BCUT2D eigenvalue weighted by molar-refractivity contribution is 0.273. The van der Waals surface area contributed by atoms with Crippen molar-refractivity contribution in [2.24, 2.45) is 5.92 Å². The summed E-state index contributed by atoms with van der Waals surface area (Å²) in [7, 11) is 1.67. The van der Waals surface area contributed by atoms with Crippen molar-refractivity contribution in [1.29, 1.82) is 0 Å². The van der Waals surface area contributed by atoms with Crippen molar-refractivity contribution >= 4 is 17.0 Å². The Hall–Kier alpha value is -1.75. The molecule has 0 saturated carbocycles. The number of anilines is 1. The monoisotopic (exact) mass is 288 g/mol. The summed E-state index contributed by atoms with van der Waals surface area (Å²) in [5, 5.41) is 0. The number of fused-ring (bicyclic) bond motifs is 1. The van der Waals surface area contributed by atoms with E-state index in [4.69, 9.17) is 10.5 Å². The molecule has 2 N–H and O–H groups in total. The van der Waals surface area contributed by atoms with Crippen molar-refractivity contribution in [2.75, 3.05) is 32.5 Å². The molecule has 0 aliphatic carbocycles. The molecule has 1 aromatic carbocycles. The van der Waals surface area contributed by atoms with Crippen LogP contribution in [0.5, 0.6) is 5.75 Å². The quantitative estimate of drug-likeness (QED) is 0.917. The van der Waals surface area contributed by atoms with Crippen LogP contribution >= 0.6 is 0 Å². The number of rotatable bonds is 5. The zero-order chi connectivity index (χ0) is 14.8. The van der Waals surface area contributed by atoms with Gasteiger partial charge in [-0.05, 0) is 44.0 Å². The van der Waals surface area contributed by atoms with Gasteiger partial charge in [-0.3, -0.25) is 0 Å². The van der Waals surface area contributed by atoms with E-state index in [-0.39, 0.29) is 0 Å². The molecule has 3 rings (SSSR count).